The van der Waals surface area contributed by atoms with Crippen LogP contribution >= 0.6 is 11.6 Å². The summed E-state index contributed by atoms with van der Waals surface area (Å²) in [5.74, 6) is -0.353. The van der Waals surface area contributed by atoms with Crippen molar-refractivity contribution in [3.05, 3.63) is 96.2 Å². The molecule has 3 atom stereocenters. The van der Waals surface area contributed by atoms with E-state index in [2.05, 4.69) is 33.6 Å². The van der Waals surface area contributed by atoms with Crippen LogP contribution in [-0.2, 0) is 4.79 Å². The highest BCUT2D eigenvalue weighted by Crippen LogP contribution is 2.45. The van der Waals surface area contributed by atoms with Crippen LogP contribution in [0, 0.1) is 5.92 Å². The van der Waals surface area contributed by atoms with Gasteiger partial charge in [-0.05, 0) is 60.1 Å². The zero-order valence-corrected chi connectivity index (χ0v) is 21.2. The number of anilines is 1. The predicted molar refractivity (Wildman–Crippen MR) is 147 cm³/mol. The fourth-order valence-corrected chi connectivity index (χ4v) is 6.50. The average Bonchev–Trinajstić information content (AvgIpc) is 3.41. The van der Waals surface area contributed by atoms with Crippen molar-refractivity contribution in [2.24, 2.45) is 5.92 Å². The first-order valence-corrected chi connectivity index (χ1v) is 13.1. The van der Waals surface area contributed by atoms with Gasteiger partial charge in [-0.2, -0.15) is 0 Å². The molecule has 4 heterocycles. The quantitative estimate of drug-likeness (QED) is 0.306. The van der Waals surface area contributed by atoms with Gasteiger partial charge in [-0.25, -0.2) is 14.7 Å². The zero-order valence-electron chi connectivity index (χ0n) is 20.4. The lowest BCUT2D eigenvalue weighted by atomic mass is 9.73. The molecular formula is C30H24ClN5O2. The molecule has 188 valence electrons. The maximum atomic E-state index is 13.7. The topological polar surface area (TPSA) is 79.6 Å². The number of nitrogens with one attached hydrogen (secondary N) is 1. The van der Waals surface area contributed by atoms with Crippen LogP contribution in [0.15, 0.2) is 85.6 Å². The van der Waals surface area contributed by atoms with Crippen molar-refractivity contribution in [1.29, 1.82) is 0 Å². The molecule has 1 saturated carbocycles. The minimum atomic E-state index is -0.403. The number of urea groups is 1. The van der Waals surface area contributed by atoms with Crippen LogP contribution in [0.4, 0.5) is 10.5 Å². The van der Waals surface area contributed by atoms with E-state index in [0.29, 0.717) is 23.6 Å². The fraction of sp³-hybridized carbons (Fsp3) is 0.200. The highest BCUT2D eigenvalue weighted by molar-refractivity contribution is 6.32. The van der Waals surface area contributed by atoms with E-state index in [1.165, 1.54) is 4.90 Å². The van der Waals surface area contributed by atoms with Crippen LogP contribution < -0.4 is 10.2 Å². The Labute approximate surface area is 224 Å². The molecule has 1 aliphatic carbocycles. The van der Waals surface area contributed by atoms with E-state index in [9.17, 15) is 9.59 Å². The third kappa shape index (κ3) is 3.65. The molecule has 38 heavy (non-hydrogen) atoms. The molecule has 0 spiro atoms. The van der Waals surface area contributed by atoms with Crippen molar-refractivity contribution in [3.63, 3.8) is 0 Å². The van der Waals surface area contributed by atoms with Crippen molar-refractivity contribution < 1.29 is 9.59 Å². The zero-order chi connectivity index (χ0) is 25.8. The number of fused-ring (bicyclic) bond motifs is 3. The standard InChI is InChI=1S/C30H24ClN5O2/c31-24-7-3-6-22(20-9-11-27-33-12-13-35(27)17-20)28(24)18-8-10-23-25(14-18)34-30(38)36(29(23)37)26-16-32-15-19-4-1-2-5-21(19)26/h1-7,9,11-13,15-18,23,25H,8,10,14H2,(H,34,38). The van der Waals surface area contributed by atoms with Gasteiger partial charge in [-0.3, -0.25) is 9.78 Å². The van der Waals surface area contributed by atoms with Gasteiger partial charge in [0.15, 0.2) is 0 Å². The second-order valence-corrected chi connectivity index (χ2v) is 10.4. The first kappa shape index (κ1) is 22.9. The van der Waals surface area contributed by atoms with Gasteiger partial charge in [0.2, 0.25) is 5.91 Å². The molecule has 2 fully saturated rings. The van der Waals surface area contributed by atoms with Crippen LogP contribution in [0.25, 0.3) is 27.5 Å². The Bertz CT molecular complexity index is 1730. The lowest BCUT2D eigenvalue weighted by Crippen LogP contribution is -2.61. The lowest BCUT2D eigenvalue weighted by molar-refractivity contribution is -0.124. The number of halogens is 1. The van der Waals surface area contributed by atoms with Crippen molar-refractivity contribution in [2.45, 2.75) is 31.2 Å². The van der Waals surface area contributed by atoms with Crippen LogP contribution in [-0.4, -0.2) is 32.3 Å². The summed E-state index contributed by atoms with van der Waals surface area (Å²) in [6.45, 7) is 0. The van der Waals surface area contributed by atoms with Crippen molar-refractivity contribution >= 4 is 45.6 Å². The first-order chi connectivity index (χ1) is 18.6. The minimum absolute atomic E-state index is 0.109. The Hall–Kier alpha value is -4.23. The molecule has 1 saturated heterocycles. The molecule has 3 unspecified atom stereocenters. The molecule has 2 aromatic carbocycles. The van der Waals surface area contributed by atoms with Crippen molar-refractivity contribution in [2.75, 3.05) is 4.90 Å². The molecule has 3 amide bonds. The summed E-state index contributed by atoms with van der Waals surface area (Å²) in [6, 6.07) is 17.0. The van der Waals surface area contributed by atoms with Gasteiger partial charge in [0.25, 0.3) is 0 Å². The maximum absolute atomic E-state index is 13.7. The number of imide groups is 1. The second kappa shape index (κ2) is 8.96. The van der Waals surface area contributed by atoms with Crippen LogP contribution in [0.5, 0.6) is 0 Å². The fourth-order valence-electron chi connectivity index (χ4n) is 6.17. The second-order valence-electron chi connectivity index (χ2n) is 10.0. The summed E-state index contributed by atoms with van der Waals surface area (Å²) >= 11 is 6.81. The number of aromatic nitrogens is 3. The van der Waals surface area contributed by atoms with Crippen LogP contribution in [0.2, 0.25) is 5.02 Å². The molecule has 8 heteroatoms. The van der Waals surface area contributed by atoms with E-state index in [4.69, 9.17) is 11.6 Å². The highest BCUT2D eigenvalue weighted by Gasteiger charge is 2.46. The number of hydrogen-bond acceptors (Lipinski definition) is 4. The largest absolute Gasteiger partial charge is 0.334 e. The molecule has 3 aromatic heterocycles. The number of rotatable bonds is 3. The highest BCUT2D eigenvalue weighted by atomic mass is 35.5. The Morgan fingerprint density at radius 2 is 1.87 bits per heavy atom. The van der Waals surface area contributed by atoms with E-state index in [1.807, 2.05) is 53.1 Å². The molecule has 0 radical (unpaired) electrons. The summed E-state index contributed by atoms with van der Waals surface area (Å²) in [6.07, 6.45) is 11.2. The van der Waals surface area contributed by atoms with E-state index in [-0.39, 0.29) is 23.8 Å². The molecule has 0 bridgehead atoms. The van der Waals surface area contributed by atoms with E-state index in [0.717, 1.165) is 39.5 Å². The number of imidazole rings is 1. The number of nitrogens with zero attached hydrogens (tertiary/aromatic N) is 4. The number of hydrogen-bond donors (Lipinski definition) is 1. The number of pyridine rings is 2. The van der Waals surface area contributed by atoms with E-state index >= 15 is 0 Å². The maximum Gasteiger partial charge on any atom is 0.329 e. The summed E-state index contributed by atoms with van der Waals surface area (Å²) in [4.78, 5) is 36.9. The summed E-state index contributed by atoms with van der Waals surface area (Å²) in [7, 11) is 0. The first-order valence-electron chi connectivity index (χ1n) is 12.8. The third-order valence-corrected chi connectivity index (χ3v) is 8.28. The molecule has 2 aliphatic rings. The van der Waals surface area contributed by atoms with Crippen molar-refractivity contribution in [1.82, 2.24) is 19.7 Å². The number of amides is 3. The Kier molecular flexibility index (Phi) is 5.40. The van der Waals surface area contributed by atoms with Gasteiger partial charge in [0, 0.05) is 46.6 Å². The van der Waals surface area contributed by atoms with Crippen LogP contribution in [0.3, 0.4) is 0 Å². The predicted octanol–water partition coefficient (Wildman–Crippen LogP) is 6.21. The Morgan fingerprint density at radius 3 is 2.79 bits per heavy atom. The SMILES string of the molecule is O=C1NC2CC(c3c(Cl)cccc3-c3ccc4nccn4c3)CCC2C(=O)N1c1cncc2ccccc12. The van der Waals surface area contributed by atoms with Gasteiger partial charge in [0.05, 0.1) is 17.8 Å². The van der Waals surface area contributed by atoms with E-state index in [1.54, 1.807) is 18.6 Å². The number of benzene rings is 2. The Balaban J connectivity index is 1.20. The third-order valence-electron chi connectivity index (χ3n) is 7.95. The van der Waals surface area contributed by atoms with Crippen LogP contribution in [0.1, 0.15) is 30.7 Å². The monoisotopic (exact) mass is 521 g/mol. The van der Waals surface area contributed by atoms with Gasteiger partial charge < -0.3 is 9.72 Å². The summed E-state index contributed by atoms with van der Waals surface area (Å²) in [5.41, 5.74) is 4.58. The average molecular weight is 522 g/mol. The Morgan fingerprint density at radius 1 is 0.974 bits per heavy atom. The van der Waals surface area contributed by atoms with Gasteiger partial charge in [-0.1, -0.05) is 48.0 Å². The smallest absolute Gasteiger partial charge is 0.329 e. The molecule has 7 rings (SSSR count). The molecular weight excluding hydrogens is 498 g/mol. The molecule has 5 aromatic rings. The van der Waals surface area contributed by atoms with Gasteiger partial charge in [0.1, 0.15) is 5.65 Å². The minimum Gasteiger partial charge on any atom is -0.334 e. The molecule has 7 nitrogen and oxygen atoms in total. The molecule has 1 aliphatic heterocycles. The summed E-state index contributed by atoms with van der Waals surface area (Å²) < 4.78 is 1.99. The summed E-state index contributed by atoms with van der Waals surface area (Å²) in [5, 5.41) is 5.56. The lowest BCUT2D eigenvalue weighted by Gasteiger charge is -2.43. The van der Waals surface area contributed by atoms with E-state index < -0.39 is 6.03 Å². The normalized spacial score (nSPS) is 21.5. The van der Waals surface area contributed by atoms with Gasteiger partial charge in [-0.15, -0.1) is 0 Å². The van der Waals surface area contributed by atoms with Crippen molar-refractivity contribution in [3.8, 4) is 11.1 Å². The molecule has 1 N–H and O–H groups in total. The van der Waals surface area contributed by atoms with Gasteiger partial charge >= 0.3 is 6.03 Å². The number of carbonyl (C=O) groups excluding carboxylic acids is 2. The number of carbonyl (C=O) groups is 2.